The van der Waals surface area contributed by atoms with E-state index in [1.165, 1.54) is 0 Å². The number of hydrogen-bond acceptors (Lipinski definition) is 1. The summed E-state index contributed by atoms with van der Waals surface area (Å²) in [6.45, 7) is 0. The van der Waals surface area contributed by atoms with Crippen LogP contribution in [0.15, 0.2) is 0 Å². The van der Waals surface area contributed by atoms with Gasteiger partial charge in [0.25, 0.3) is 0 Å². The molecule has 1 aliphatic carbocycles. The Bertz CT molecular complexity index is 159. The first kappa shape index (κ1) is 10.5. The SMILES string of the molecule is FC(F)(F)C1CC(S)CCC1Cl. The van der Waals surface area contributed by atoms with Crippen LogP contribution in [0.25, 0.3) is 0 Å². The van der Waals surface area contributed by atoms with Gasteiger partial charge in [0.1, 0.15) is 0 Å². The largest absolute Gasteiger partial charge is 0.393 e. The topological polar surface area (TPSA) is 0 Å². The molecule has 0 radical (unpaired) electrons. The Morgan fingerprint density at radius 1 is 1.25 bits per heavy atom. The van der Waals surface area contributed by atoms with Crippen molar-refractivity contribution in [2.24, 2.45) is 5.92 Å². The van der Waals surface area contributed by atoms with Crippen LogP contribution >= 0.6 is 24.2 Å². The van der Waals surface area contributed by atoms with E-state index in [2.05, 4.69) is 12.6 Å². The van der Waals surface area contributed by atoms with Crippen molar-refractivity contribution in [3.8, 4) is 0 Å². The van der Waals surface area contributed by atoms with E-state index < -0.39 is 17.5 Å². The molecule has 72 valence electrons. The quantitative estimate of drug-likeness (QED) is 0.468. The molecule has 0 aromatic heterocycles. The molecule has 12 heavy (non-hydrogen) atoms. The molecule has 5 heteroatoms. The molecule has 0 saturated heterocycles. The van der Waals surface area contributed by atoms with Crippen molar-refractivity contribution in [3.05, 3.63) is 0 Å². The average Bonchev–Trinajstić information content (AvgIpc) is 1.92. The summed E-state index contributed by atoms with van der Waals surface area (Å²) in [5.41, 5.74) is 0. The van der Waals surface area contributed by atoms with Crippen LogP contribution in [0.3, 0.4) is 0 Å². The molecule has 0 amide bonds. The maximum absolute atomic E-state index is 12.2. The minimum atomic E-state index is -4.16. The number of alkyl halides is 4. The predicted molar refractivity (Wildman–Crippen MR) is 45.8 cm³/mol. The Balaban J connectivity index is 2.61. The van der Waals surface area contributed by atoms with Gasteiger partial charge in [-0.2, -0.15) is 25.8 Å². The van der Waals surface area contributed by atoms with Gasteiger partial charge >= 0.3 is 6.18 Å². The second-order valence-corrected chi connectivity index (χ2v) is 4.42. The van der Waals surface area contributed by atoms with Gasteiger partial charge in [-0.1, -0.05) is 0 Å². The lowest BCUT2D eigenvalue weighted by atomic mass is 9.88. The van der Waals surface area contributed by atoms with Gasteiger partial charge in [0, 0.05) is 10.6 Å². The van der Waals surface area contributed by atoms with Crippen molar-refractivity contribution in [1.82, 2.24) is 0 Å². The smallest absolute Gasteiger partial charge is 0.176 e. The van der Waals surface area contributed by atoms with Crippen LogP contribution in [0.1, 0.15) is 19.3 Å². The first-order valence-corrected chi connectivity index (χ1v) is 4.75. The molecule has 0 aliphatic heterocycles. The lowest BCUT2D eigenvalue weighted by Gasteiger charge is -2.31. The van der Waals surface area contributed by atoms with E-state index in [4.69, 9.17) is 11.6 Å². The molecule has 0 spiro atoms. The Morgan fingerprint density at radius 3 is 2.25 bits per heavy atom. The molecule has 3 unspecified atom stereocenters. The normalized spacial score (nSPS) is 38.2. The molecule has 1 fully saturated rings. The highest BCUT2D eigenvalue weighted by atomic mass is 35.5. The average molecular weight is 219 g/mol. The minimum Gasteiger partial charge on any atom is -0.176 e. The van der Waals surface area contributed by atoms with Crippen LogP contribution in [0, 0.1) is 5.92 Å². The van der Waals surface area contributed by atoms with E-state index in [0.717, 1.165) is 0 Å². The van der Waals surface area contributed by atoms with Crippen molar-refractivity contribution in [2.45, 2.75) is 36.1 Å². The van der Waals surface area contributed by atoms with E-state index in [1.807, 2.05) is 0 Å². The van der Waals surface area contributed by atoms with E-state index in [9.17, 15) is 13.2 Å². The summed E-state index contributed by atoms with van der Waals surface area (Å²) >= 11 is 9.61. The molecule has 0 heterocycles. The van der Waals surface area contributed by atoms with Crippen LogP contribution in [0.4, 0.5) is 13.2 Å². The van der Waals surface area contributed by atoms with E-state index >= 15 is 0 Å². The van der Waals surface area contributed by atoms with Crippen molar-refractivity contribution < 1.29 is 13.2 Å². The Labute approximate surface area is 79.9 Å². The van der Waals surface area contributed by atoms with Gasteiger partial charge in [0.15, 0.2) is 0 Å². The summed E-state index contributed by atoms with van der Waals surface area (Å²) in [5.74, 6) is -1.37. The van der Waals surface area contributed by atoms with E-state index in [-0.39, 0.29) is 11.7 Å². The maximum Gasteiger partial charge on any atom is 0.393 e. The first-order chi connectivity index (χ1) is 5.41. The number of thiol groups is 1. The standard InChI is InChI=1S/C7H10ClF3S/c8-6-2-1-4(12)3-5(6)7(9,10)11/h4-6,12H,1-3H2. The molecule has 0 aromatic rings. The number of hydrogen-bond donors (Lipinski definition) is 1. The third-order valence-electron chi connectivity index (χ3n) is 2.16. The highest BCUT2D eigenvalue weighted by Crippen LogP contribution is 2.41. The van der Waals surface area contributed by atoms with Crippen LogP contribution in [-0.4, -0.2) is 16.8 Å². The Kier molecular flexibility index (Phi) is 3.21. The fourth-order valence-corrected chi connectivity index (χ4v) is 2.20. The monoisotopic (exact) mass is 218 g/mol. The van der Waals surface area contributed by atoms with Crippen LogP contribution in [0.2, 0.25) is 0 Å². The van der Waals surface area contributed by atoms with Crippen LogP contribution in [-0.2, 0) is 0 Å². The summed E-state index contributed by atoms with van der Waals surface area (Å²) in [6.07, 6.45) is -3.00. The molecule has 0 aromatic carbocycles. The zero-order valence-electron chi connectivity index (χ0n) is 6.31. The molecule has 1 rings (SSSR count). The van der Waals surface area contributed by atoms with Gasteiger partial charge in [-0.3, -0.25) is 0 Å². The highest BCUT2D eigenvalue weighted by Gasteiger charge is 2.46. The zero-order chi connectivity index (χ0) is 9.35. The van der Waals surface area contributed by atoms with E-state index in [1.54, 1.807) is 0 Å². The molecule has 0 bridgehead atoms. The van der Waals surface area contributed by atoms with Gasteiger partial charge in [0.2, 0.25) is 0 Å². The minimum absolute atomic E-state index is 0.0563. The predicted octanol–water partition coefficient (Wildman–Crippen LogP) is 3.25. The molecule has 1 saturated carbocycles. The third kappa shape index (κ3) is 2.46. The number of halogens is 4. The lowest BCUT2D eigenvalue weighted by molar-refractivity contribution is -0.179. The van der Waals surface area contributed by atoms with Crippen molar-refractivity contribution in [3.63, 3.8) is 0 Å². The number of rotatable bonds is 0. The van der Waals surface area contributed by atoms with Gasteiger partial charge in [-0.25, -0.2) is 0 Å². The fraction of sp³-hybridized carbons (Fsp3) is 1.00. The third-order valence-corrected chi connectivity index (χ3v) is 3.15. The molecular weight excluding hydrogens is 209 g/mol. The van der Waals surface area contributed by atoms with Gasteiger partial charge < -0.3 is 0 Å². The maximum atomic E-state index is 12.2. The van der Waals surface area contributed by atoms with Crippen molar-refractivity contribution >= 4 is 24.2 Å². The van der Waals surface area contributed by atoms with Gasteiger partial charge in [0.05, 0.1) is 5.92 Å². The summed E-state index contributed by atoms with van der Waals surface area (Å²) in [5, 5.41) is -0.903. The summed E-state index contributed by atoms with van der Waals surface area (Å²) in [7, 11) is 0. The molecule has 0 N–H and O–H groups in total. The summed E-state index contributed by atoms with van der Waals surface area (Å²) in [6, 6.07) is 0. The highest BCUT2D eigenvalue weighted by molar-refractivity contribution is 7.80. The molecule has 1 aliphatic rings. The Hall–Kier alpha value is 0.430. The second-order valence-electron chi connectivity index (χ2n) is 3.13. The summed E-state index contributed by atoms with van der Waals surface area (Å²) in [4.78, 5) is 0. The lowest BCUT2D eigenvalue weighted by Crippen LogP contribution is -2.36. The van der Waals surface area contributed by atoms with Crippen LogP contribution < -0.4 is 0 Å². The van der Waals surface area contributed by atoms with Gasteiger partial charge in [-0.05, 0) is 19.3 Å². The van der Waals surface area contributed by atoms with Crippen molar-refractivity contribution in [1.29, 1.82) is 0 Å². The fourth-order valence-electron chi connectivity index (χ4n) is 1.45. The molecular formula is C7H10ClF3S. The first-order valence-electron chi connectivity index (χ1n) is 3.80. The summed E-state index contributed by atoms with van der Waals surface area (Å²) < 4.78 is 36.7. The molecule has 3 atom stereocenters. The molecule has 0 nitrogen and oxygen atoms in total. The van der Waals surface area contributed by atoms with Crippen LogP contribution in [0.5, 0.6) is 0 Å². The van der Waals surface area contributed by atoms with E-state index in [0.29, 0.717) is 12.8 Å². The van der Waals surface area contributed by atoms with Gasteiger partial charge in [-0.15, -0.1) is 11.6 Å². The Morgan fingerprint density at radius 2 is 1.83 bits per heavy atom. The second kappa shape index (κ2) is 3.66. The zero-order valence-corrected chi connectivity index (χ0v) is 7.96. The van der Waals surface area contributed by atoms with Crippen molar-refractivity contribution in [2.75, 3.05) is 0 Å².